The Labute approximate surface area is 237 Å². The fourth-order valence-corrected chi connectivity index (χ4v) is 5.11. The average molecular weight is 532 g/mol. The van der Waals surface area contributed by atoms with Crippen molar-refractivity contribution in [3.63, 3.8) is 0 Å². The third-order valence-electron chi connectivity index (χ3n) is 7.30. The van der Waals surface area contributed by atoms with Gasteiger partial charge in [-0.3, -0.25) is 10.1 Å². The van der Waals surface area contributed by atoms with Crippen LogP contribution in [0, 0.1) is 0 Å². The van der Waals surface area contributed by atoms with Gasteiger partial charge in [0.05, 0.1) is 17.8 Å². The van der Waals surface area contributed by atoms with E-state index < -0.39 is 0 Å². The first-order chi connectivity index (χ1) is 20.3. The topological polar surface area (TPSA) is 95.0 Å². The second-order valence-corrected chi connectivity index (χ2v) is 9.87. The fourth-order valence-electron chi connectivity index (χ4n) is 5.11. The van der Waals surface area contributed by atoms with Gasteiger partial charge >= 0.3 is 0 Å². The fraction of sp³-hybridized carbons (Fsp3) is 0.0286. The van der Waals surface area contributed by atoms with Gasteiger partial charge in [-0.1, -0.05) is 109 Å². The maximum absolute atomic E-state index is 5.15. The van der Waals surface area contributed by atoms with Crippen LogP contribution in [0.1, 0.15) is 5.56 Å². The van der Waals surface area contributed by atoms with Gasteiger partial charge in [0.2, 0.25) is 0 Å². The van der Waals surface area contributed by atoms with E-state index in [0.717, 1.165) is 51.0 Å². The van der Waals surface area contributed by atoms with E-state index >= 15 is 0 Å². The second kappa shape index (κ2) is 10.6. The predicted octanol–water partition coefficient (Wildman–Crippen LogP) is 6.82. The van der Waals surface area contributed by atoms with Crippen molar-refractivity contribution >= 4 is 10.9 Å². The molecule has 0 bridgehead atoms. The lowest BCUT2D eigenvalue weighted by atomic mass is 9.96. The summed E-state index contributed by atoms with van der Waals surface area (Å²) in [7, 11) is 0. The van der Waals surface area contributed by atoms with Crippen molar-refractivity contribution in [1.82, 2.24) is 25.1 Å². The monoisotopic (exact) mass is 531 g/mol. The highest BCUT2D eigenvalue weighted by molar-refractivity contribution is 5.97. The lowest BCUT2D eigenvalue weighted by Gasteiger charge is -2.13. The molecule has 0 spiro atoms. The summed E-state index contributed by atoms with van der Waals surface area (Å²) in [5.74, 6) is 1.22. The number of nitrogens with zero attached hydrogens (tertiary/aromatic N) is 4. The van der Waals surface area contributed by atoms with Crippen LogP contribution in [-0.2, 0) is 6.54 Å². The van der Waals surface area contributed by atoms with E-state index in [2.05, 4.69) is 82.7 Å². The molecule has 0 fully saturated rings. The zero-order valence-corrected chi connectivity index (χ0v) is 22.3. The summed E-state index contributed by atoms with van der Waals surface area (Å²) in [6.45, 7) is 0.752. The normalized spacial score (nSPS) is 11.1. The summed E-state index contributed by atoms with van der Waals surface area (Å²) in [4.78, 5) is 14.7. The van der Waals surface area contributed by atoms with Gasteiger partial charge in [-0.2, -0.15) is 5.10 Å². The predicted molar refractivity (Wildman–Crippen MR) is 163 cm³/mol. The van der Waals surface area contributed by atoms with Crippen molar-refractivity contribution in [2.75, 3.05) is 0 Å². The molecule has 0 unspecified atom stereocenters. The molecule has 0 saturated heterocycles. The first-order valence-electron chi connectivity index (χ1n) is 13.6. The number of benzene rings is 4. The Hall–Kier alpha value is -5.46. The number of rotatable bonds is 6. The van der Waals surface area contributed by atoms with Crippen LogP contribution in [0.3, 0.4) is 0 Å². The van der Waals surface area contributed by atoms with Gasteiger partial charge in [-0.15, -0.1) is 0 Å². The van der Waals surface area contributed by atoms with E-state index in [1.165, 1.54) is 11.1 Å². The minimum absolute atomic E-state index is 0.603. The molecule has 6 heteroatoms. The van der Waals surface area contributed by atoms with E-state index in [1.807, 2.05) is 54.6 Å². The van der Waals surface area contributed by atoms with Crippen molar-refractivity contribution in [1.29, 1.82) is 0 Å². The van der Waals surface area contributed by atoms with E-state index in [-0.39, 0.29) is 0 Å². The third-order valence-corrected chi connectivity index (χ3v) is 7.30. The van der Waals surface area contributed by atoms with Crippen molar-refractivity contribution in [3.8, 4) is 56.4 Å². The number of hydrogen-bond donors (Lipinski definition) is 2. The van der Waals surface area contributed by atoms with Crippen LogP contribution in [0.25, 0.3) is 67.3 Å². The lowest BCUT2D eigenvalue weighted by Crippen LogP contribution is -2.47. The minimum atomic E-state index is 0.603. The largest absolute Gasteiger partial charge is 0.354 e. The second-order valence-electron chi connectivity index (χ2n) is 9.87. The molecule has 41 heavy (non-hydrogen) atoms. The highest BCUT2D eigenvalue weighted by Gasteiger charge is 2.17. The van der Waals surface area contributed by atoms with Crippen LogP contribution in [0.15, 0.2) is 128 Å². The van der Waals surface area contributed by atoms with Crippen LogP contribution in [0.4, 0.5) is 0 Å². The lowest BCUT2D eigenvalue weighted by molar-refractivity contribution is -0.386. The number of nitrogens with one attached hydrogen (secondary N) is 1. The quantitative estimate of drug-likeness (QED) is 0.246. The summed E-state index contributed by atoms with van der Waals surface area (Å²) < 4.78 is 0. The Morgan fingerprint density at radius 2 is 1.22 bits per heavy atom. The van der Waals surface area contributed by atoms with Crippen molar-refractivity contribution in [2.24, 2.45) is 0 Å². The molecule has 196 valence electrons. The number of pyridine rings is 2. The maximum Gasteiger partial charge on any atom is 0.181 e. The molecule has 0 saturated carbocycles. The van der Waals surface area contributed by atoms with Gasteiger partial charge in [0.25, 0.3) is 0 Å². The average Bonchev–Trinajstić information content (AvgIpc) is 3.55. The Morgan fingerprint density at radius 1 is 0.585 bits per heavy atom. The minimum Gasteiger partial charge on any atom is -0.354 e. The standard InChI is InChI=1S/C35H26N6/c36-22-23-11-13-27(14-12-23)32-29(26-9-5-2-6-10-26)21-30-31(38-32)19-20-37-33(30)35-39-34(40-41-35)28-17-15-25(16-18-28)24-7-3-1-4-8-24/h1-21H,22,36H2,(H,39,40,41)/p+1. The Balaban J connectivity index is 1.31. The Kier molecular flexibility index (Phi) is 6.35. The zero-order valence-electron chi connectivity index (χ0n) is 22.3. The van der Waals surface area contributed by atoms with E-state index in [1.54, 1.807) is 6.20 Å². The zero-order chi connectivity index (χ0) is 27.6. The van der Waals surface area contributed by atoms with Crippen LogP contribution in [-0.4, -0.2) is 25.1 Å². The molecule has 7 aromatic rings. The molecule has 3 heterocycles. The Morgan fingerprint density at radius 3 is 1.93 bits per heavy atom. The highest BCUT2D eigenvalue weighted by Crippen LogP contribution is 2.36. The third kappa shape index (κ3) is 4.77. The molecule has 0 atom stereocenters. The van der Waals surface area contributed by atoms with Crippen molar-refractivity contribution in [3.05, 3.63) is 133 Å². The van der Waals surface area contributed by atoms with E-state index in [9.17, 15) is 0 Å². The van der Waals surface area contributed by atoms with Crippen LogP contribution in [0.2, 0.25) is 0 Å². The first-order valence-corrected chi connectivity index (χ1v) is 13.6. The van der Waals surface area contributed by atoms with E-state index in [0.29, 0.717) is 17.3 Å². The van der Waals surface area contributed by atoms with Crippen LogP contribution < -0.4 is 5.73 Å². The number of aromatic nitrogens is 5. The molecule has 0 aliphatic rings. The summed E-state index contributed by atoms with van der Waals surface area (Å²) in [5.41, 5.74) is 14.1. The van der Waals surface area contributed by atoms with Gasteiger partial charge in [0.1, 0.15) is 5.69 Å². The number of quaternary nitrogens is 1. The molecule has 6 nitrogen and oxygen atoms in total. The van der Waals surface area contributed by atoms with Crippen molar-refractivity contribution < 1.29 is 5.73 Å². The van der Waals surface area contributed by atoms with Crippen molar-refractivity contribution in [2.45, 2.75) is 6.54 Å². The molecule has 4 aromatic carbocycles. The summed E-state index contributed by atoms with van der Waals surface area (Å²) in [6.07, 6.45) is 1.78. The van der Waals surface area contributed by atoms with Crippen LogP contribution in [0.5, 0.6) is 0 Å². The summed E-state index contributed by atoms with van der Waals surface area (Å²) in [6, 6.07) is 41.5. The van der Waals surface area contributed by atoms with Crippen LogP contribution >= 0.6 is 0 Å². The van der Waals surface area contributed by atoms with Gasteiger partial charge in [0.15, 0.2) is 11.6 Å². The first kappa shape index (κ1) is 24.6. The smallest absolute Gasteiger partial charge is 0.181 e. The summed E-state index contributed by atoms with van der Waals surface area (Å²) in [5, 5.41) is 8.56. The summed E-state index contributed by atoms with van der Waals surface area (Å²) >= 11 is 0. The molecule has 4 N–H and O–H groups in total. The molecule has 0 aliphatic carbocycles. The van der Waals surface area contributed by atoms with Gasteiger partial charge in [-0.25, -0.2) is 9.97 Å². The SMILES string of the molecule is [NH3+]Cc1ccc(-c2nc3ccnc(-c4nc(-c5ccc(-c6ccccc6)cc5)n[nH]4)c3cc2-c2ccccc2)cc1. The molecular weight excluding hydrogens is 504 g/mol. The molecule has 0 radical (unpaired) electrons. The molecule has 0 aliphatic heterocycles. The Bertz CT molecular complexity index is 1950. The van der Waals surface area contributed by atoms with Gasteiger partial charge in [-0.05, 0) is 28.8 Å². The number of hydrogen-bond acceptors (Lipinski definition) is 4. The molecule has 3 aromatic heterocycles. The molecular formula is C35H27N6+. The highest BCUT2D eigenvalue weighted by atomic mass is 15.2. The molecule has 7 rings (SSSR count). The van der Waals surface area contributed by atoms with Gasteiger partial charge in [0, 0.05) is 33.8 Å². The molecule has 0 amide bonds. The number of fused-ring (bicyclic) bond motifs is 1. The number of aromatic amines is 1. The van der Waals surface area contributed by atoms with E-state index in [4.69, 9.17) is 15.0 Å². The maximum atomic E-state index is 5.15. The number of H-pyrrole nitrogens is 1. The van der Waals surface area contributed by atoms with Gasteiger partial charge < -0.3 is 5.73 Å².